The van der Waals surface area contributed by atoms with E-state index in [0.717, 1.165) is 16.5 Å². The predicted molar refractivity (Wildman–Crippen MR) is 77.4 cm³/mol. The highest BCUT2D eigenvalue weighted by Crippen LogP contribution is 2.19. The van der Waals surface area contributed by atoms with E-state index in [-0.39, 0.29) is 0 Å². The number of H-pyrrole nitrogens is 1. The van der Waals surface area contributed by atoms with E-state index in [2.05, 4.69) is 10.5 Å². The van der Waals surface area contributed by atoms with Gasteiger partial charge in [-0.05, 0) is 32.4 Å². The second-order valence-corrected chi connectivity index (χ2v) is 5.79. The molecule has 0 amide bonds. The van der Waals surface area contributed by atoms with Crippen LogP contribution in [0, 0.1) is 0 Å². The number of rotatable bonds is 5. The predicted octanol–water partition coefficient (Wildman–Crippen LogP) is 2.48. The largest absolute Gasteiger partial charge is 0.480 e. The molecular formula is C15H20N2O3. The monoisotopic (exact) mass is 276 g/mol. The Balaban J connectivity index is 2.14. The highest BCUT2D eigenvalue weighted by Gasteiger charge is 2.22. The van der Waals surface area contributed by atoms with Crippen LogP contribution in [0.3, 0.4) is 0 Å². The number of aromatic amines is 1. The van der Waals surface area contributed by atoms with E-state index in [0.29, 0.717) is 6.42 Å². The summed E-state index contributed by atoms with van der Waals surface area (Å²) < 4.78 is 0. The van der Waals surface area contributed by atoms with E-state index in [9.17, 15) is 9.90 Å². The third kappa shape index (κ3) is 3.59. The molecule has 5 nitrogen and oxygen atoms in total. The summed E-state index contributed by atoms with van der Waals surface area (Å²) in [4.78, 5) is 19.8. The molecular weight excluding hydrogens is 256 g/mol. The zero-order valence-corrected chi connectivity index (χ0v) is 11.9. The Morgan fingerprint density at radius 2 is 2.10 bits per heavy atom. The van der Waals surface area contributed by atoms with Crippen molar-refractivity contribution in [1.29, 1.82) is 0 Å². The lowest BCUT2D eigenvalue weighted by molar-refractivity contribution is -0.150. The Bertz CT molecular complexity index is 598. The number of carboxylic acids is 1. The first-order valence-corrected chi connectivity index (χ1v) is 6.58. The number of para-hydroxylation sites is 1. The molecule has 0 bridgehead atoms. The van der Waals surface area contributed by atoms with Crippen LogP contribution in [0.1, 0.15) is 26.3 Å². The highest BCUT2D eigenvalue weighted by atomic mass is 16.7. The Hall–Kier alpha value is -1.85. The smallest absolute Gasteiger partial charge is 0.323 e. The minimum Gasteiger partial charge on any atom is -0.480 e. The van der Waals surface area contributed by atoms with Gasteiger partial charge in [0.05, 0.1) is 5.60 Å². The van der Waals surface area contributed by atoms with Crippen LogP contribution < -0.4 is 5.48 Å². The van der Waals surface area contributed by atoms with Crippen molar-refractivity contribution in [2.75, 3.05) is 0 Å². The molecule has 0 aliphatic heterocycles. The summed E-state index contributed by atoms with van der Waals surface area (Å²) in [6.07, 6.45) is 2.20. The SMILES string of the molecule is CC(C)(C)ON[C@H](Cc1c[nH]c2ccccc12)C(=O)O. The van der Waals surface area contributed by atoms with Crippen molar-refractivity contribution in [1.82, 2.24) is 10.5 Å². The van der Waals surface area contributed by atoms with E-state index in [1.165, 1.54) is 0 Å². The molecule has 0 unspecified atom stereocenters. The van der Waals surface area contributed by atoms with Crippen molar-refractivity contribution in [3.8, 4) is 0 Å². The quantitative estimate of drug-likeness (QED) is 0.733. The van der Waals surface area contributed by atoms with Gasteiger partial charge in [-0.3, -0.25) is 9.63 Å². The summed E-state index contributed by atoms with van der Waals surface area (Å²) in [6, 6.07) is 7.04. The molecule has 0 fully saturated rings. The van der Waals surface area contributed by atoms with E-state index >= 15 is 0 Å². The third-order valence-corrected chi connectivity index (χ3v) is 2.90. The summed E-state index contributed by atoms with van der Waals surface area (Å²) in [6.45, 7) is 5.60. The van der Waals surface area contributed by atoms with E-state index in [1.54, 1.807) is 0 Å². The van der Waals surface area contributed by atoms with Gasteiger partial charge < -0.3 is 10.1 Å². The van der Waals surface area contributed by atoms with Crippen LogP contribution in [0.25, 0.3) is 10.9 Å². The number of hydroxylamine groups is 1. The van der Waals surface area contributed by atoms with Crippen molar-refractivity contribution in [2.24, 2.45) is 0 Å². The van der Waals surface area contributed by atoms with Crippen LogP contribution in [0.15, 0.2) is 30.5 Å². The van der Waals surface area contributed by atoms with Crippen LogP contribution in [-0.4, -0.2) is 27.7 Å². The maximum absolute atomic E-state index is 11.3. The zero-order chi connectivity index (χ0) is 14.8. The number of fused-ring (bicyclic) bond motifs is 1. The standard InChI is InChI=1S/C15H20N2O3/c1-15(2,3)20-17-13(14(18)19)8-10-9-16-12-7-5-4-6-11(10)12/h4-7,9,13,16-17H,8H2,1-3H3,(H,18,19)/t13-/m1/s1. The third-order valence-electron chi connectivity index (χ3n) is 2.90. The van der Waals surface area contributed by atoms with Crippen LogP contribution >= 0.6 is 0 Å². The lowest BCUT2D eigenvalue weighted by Gasteiger charge is -2.23. The fraction of sp³-hybridized carbons (Fsp3) is 0.400. The van der Waals surface area contributed by atoms with Crippen LogP contribution in [0.5, 0.6) is 0 Å². The molecule has 20 heavy (non-hydrogen) atoms. The average Bonchev–Trinajstić information content (AvgIpc) is 2.76. The van der Waals surface area contributed by atoms with Gasteiger partial charge in [-0.25, -0.2) is 0 Å². The topological polar surface area (TPSA) is 74.3 Å². The van der Waals surface area contributed by atoms with E-state index in [4.69, 9.17) is 4.84 Å². The normalized spacial score (nSPS) is 13.6. The zero-order valence-electron chi connectivity index (χ0n) is 11.9. The van der Waals surface area contributed by atoms with Crippen molar-refractivity contribution in [2.45, 2.75) is 38.8 Å². The minimum atomic E-state index is -0.931. The van der Waals surface area contributed by atoms with Crippen molar-refractivity contribution in [3.05, 3.63) is 36.0 Å². The summed E-state index contributed by atoms with van der Waals surface area (Å²) in [5, 5.41) is 10.3. The van der Waals surface area contributed by atoms with Gasteiger partial charge in [0.15, 0.2) is 0 Å². The number of hydrogen-bond donors (Lipinski definition) is 3. The molecule has 1 aromatic heterocycles. The van der Waals surface area contributed by atoms with Gasteiger partial charge in [-0.1, -0.05) is 18.2 Å². The molecule has 108 valence electrons. The van der Waals surface area contributed by atoms with Crippen LogP contribution in [0.4, 0.5) is 0 Å². The van der Waals surface area contributed by atoms with Crippen LogP contribution in [-0.2, 0) is 16.1 Å². The number of hydrogen-bond acceptors (Lipinski definition) is 3. The first-order chi connectivity index (χ1) is 9.37. The Morgan fingerprint density at radius 3 is 2.75 bits per heavy atom. The summed E-state index contributed by atoms with van der Waals surface area (Å²) >= 11 is 0. The van der Waals surface area contributed by atoms with Gasteiger partial charge in [-0.15, -0.1) is 0 Å². The molecule has 2 aromatic rings. The molecule has 1 aromatic carbocycles. The van der Waals surface area contributed by atoms with Crippen LogP contribution in [0.2, 0.25) is 0 Å². The second-order valence-electron chi connectivity index (χ2n) is 5.79. The molecule has 0 radical (unpaired) electrons. The van der Waals surface area contributed by atoms with E-state index in [1.807, 2.05) is 51.2 Å². The first-order valence-electron chi connectivity index (χ1n) is 6.58. The van der Waals surface area contributed by atoms with Gasteiger partial charge in [0.2, 0.25) is 0 Å². The summed E-state index contributed by atoms with van der Waals surface area (Å²) in [7, 11) is 0. The van der Waals surface area contributed by atoms with Crippen molar-refractivity contribution >= 4 is 16.9 Å². The number of benzene rings is 1. The fourth-order valence-corrected chi connectivity index (χ4v) is 1.95. The summed E-state index contributed by atoms with van der Waals surface area (Å²) in [5.41, 5.74) is 4.17. The number of aromatic nitrogens is 1. The molecule has 0 saturated heterocycles. The molecule has 0 spiro atoms. The van der Waals surface area contributed by atoms with Gasteiger partial charge in [0, 0.05) is 23.5 Å². The molecule has 0 aliphatic rings. The molecule has 2 rings (SSSR count). The Kier molecular flexibility index (Phi) is 4.11. The molecule has 3 N–H and O–H groups in total. The number of carboxylic acid groups (broad SMARTS) is 1. The maximum atomic E-state index is 11.3. The molecule has 0 saturated carbocycles. The number of carbonyl (C=O) groups is 1. The maximum Gasteiger partial charge on any atom is 0.323 e. The molecule has 1 heterocycles. The first kappa shape index (κ1) is 14.6. The molecule has 1 atom stereocenters. The highest BCUT2D eigenvalue weighted by molar-refractivity contribution is 5.84. The Labute approximate surface area is 117 Å². The van der Waals surface area contributed by atoms with Gasteiger partial charge in [0.25, 0.3) is 0 Å². The van der Waals surface area contributed by atoms with Crippen molar-refractivity contribution < 1.29 is 14.7 Å². The van der Waals surface area contributed by atoms with E-state index < -0.39 is 17.6 Å². The lowest BCUT2D eigenvalue weighted by Crippen LogP contribution is -2.42. The minimum absolute atomic E-state index is 0.357. The molecule has 0 aliphatic carbocycles. The van der Waals surface area contributed by atoms with Crippen molar-refractivity contribution in [3.63, 3.8) is 0 Å². The number of aliphatic carboxylic acids is 1. The van der Waals surface area contributed by atoms with Gasteiger partial charge in [0.1, 0.15) is 6.04 Å². The fourth-order valence-electron chi connectivity index (χ4n) is 1.95. The van der Waals surface area contributed by atoms with Gasteiger partial charge in [-0.2, -0.15) is 5.48 Å². The second kappa shape index (κ2) is 5.64. The summed E-state index contributed by atoms with van der Waals surface area (Å²) in [5.74, 6) is -0.931. The van der Waals surface area contributed by atoms with Gasteiger partial charge >= 0.3 is 5.97 Å². The number of nitrogens with one attached hydrogen (secondary N) is 2. The lowest BCUT2D eigenvalue weighted by atomic mass is 10.1. The average molecular weight is 276 g/mol. The molecule has 5 heteroatoms. The Morgan fingerprint density at radius 1 is 1.40 bits per heavy atom.